The zero-order chi connectivity index (χ0) is 13.7. The Balaban J connectivity index is 1.94. The summed E-state index contributed by atoms with van der Waals surface area (Å²) in [4.78, 5) is 0.410. The van der Waals surface area contributed by atoms with Crippen molar-refractivity contribution in [2.75, 3.05) is 0 Å². The van der Waals surface area contributed by atoms with E-state index in [4.69, 9.17) is 22.7 Å². The number of benzene rings is 2. The van der Waals surface area contributed by atoms with E-state index in [2.05, 4.69) is 15.9 Å². The van der Waals surface area contributed by atoms with Crippen LogP contribution in [0.2, 0.25) is 0 Å². The Kier molecular flexibility index (Phi) is 5.07. The van der Waals surface area contributed by atoms with Crippen molar-refractivity contribution in [2.24, 2.45) is 5.73 Å². The number of nitrogens with two attached hydrogens (primary N) is 1. The van der Waals surface area contributed by atoms with Gasteiger partial charge in [0.25, 0.3) is 0 Å². The summed E-state index contributed by atoms with van der Waals surface area (Å²) in [5, 5.41) is 0. The number of halogens is 1. The summed E-state index contributed by atoms with van der Waals surface area (Å²) in [5.74, 6) is 0. The third kappa shape index (κ3) is 4.13. The minimum Gasteiger partial charge on any atom is -0.389 e. The maximum atomic E-state index is 5.71. The molecule has 0 aliphatic rings. The highest BCUT2D eigenvalue weighted by atomic mass is 79.9. The quantitative estimate of drug-likeness (QED) is 0.844. The van der Waals surface area contributed by atoms with Crippen molar-refractivity contribution in [3.8, 4) is 0 Å². The summed E-state index contributed by atoms with van der Waals surface area (Å²) in [6, 6.07) is 15.8. The fraction of sp³-hybridized carbons (Fsp3) is 0.133. The largest absolute Gasteiger partial charge is 0.389 e. The topological polar surface area (TPSA) is 35.2 Å². The first-order valence-electron chi connectivity index (χ1n) is 5.86. The van der Waals surface area contributed by atoms with Crippen LogP contribution in [-0.4, -0.2) is 4.99 Å². The molecule has 4 heteroatoms. The van der Waals surface area contributed by atoms with E-state index in [9.17, 15) is 0 Å². The molecular formula is C15H14BrNOS. The van der Waals surface area contributed by atoms with Gasteiger partial charge in [0.2, 0.25) is 0 Å². The van der Waals surface area contributed by atoms with Crippen molar-refractivity contribution in [1.82, 2.24) is 0 Å². The van der Waals surface area contributed by atoms with Crippen LogP contribution in [0.15, 0.2) is 53.0 Å². The van der Waals surface area contributed by atoms with Crippen molar-refractivity contribution >= 4 is 33.1 Å². The molecule has 2 aromatic carbocycles. The minimum absolute atomic E-state index is 0.410. The molecule has 2 N–H and O–H groups in total. The lowest BCUT2D eigenvalue weighted by molar-refractivity contribution is 0.107. The molecule has 2 rings (SSSR count). The standard InChI is InChI=1S/C15H14BrNOS/c16-14-7-2-1-5-13(14)10-18-9-11-4-3-6-12(8-11)15(17)19/h1-8H,9-10H2,(H2,17,19). The normalized spacial score (nSPS) is 10.4. The van der Waals surface area contributed by atoms with Gasteiger partial charge in [-0.2, -0.15) is 0 Å². The van der Waals surface area contributed by atoms with Crippen molar-refractivity contribution in [2.45, 2.75) is 13.2 Å². The van der Waals surface area contributed by atoms with E-state index >= 15 is 0 Å². The number of hydrogen-bond acceptors (Lipinski definition) is 2. The molecule has 0 aliphatic heterocycles. The van der Waals surface area contributed by atoms with E-state index in [1.165, 1.54) is 0 Å². The van der Waals surface area contributed by atoms with Crippen LogP contribution in [0.4, 0.5) is 0 Å². The fourth-order valence-electron chi connectivity index (χ4n) is 1.71. The maximum absolute atomic E-state index is 5.71. The van der Waals surface area contributed by atoms with Crippen molar-refractivity contribution in [3.63, 3.8) is 0 Å². The molecule has 2 aromatic rings. The molecule has 2 nitrogen and oxygen atoms in total. The molecule has 0 fully saturated rings. The molecule has 0 heterocycles. The van der Waals surface area contributed by atoms with E-state index in [1.807, 2.05) is 48.5 Å². The SMILES string of the molecule is NC(=S)c1cccc(COCc2ccccc2Br)c1. The van der Waals surface area contributed by atoms with Gasteiger partial charge in [-0.1, -0.05) is 64.5 Å². The molecule has 0 bridgehead atoms. The summed E-state index contributed by atoms with van der Waals surface area (Å²) in [6.45, 7) is 1.11. The molecule has 0 amide bonds. The Morgan fingerprint density at radius 2 is 1.89 bits per heavy atom. The second kappa shape index (κ2) is 6.80. The van der Waals surface area contributed by atoms with E-state index in [-0.39, 0.29) is 0 Å². The monoisotopic (exact) mass is 335 g/mol. The Bertz CT molecular complexity index is 586. The van der Waals surface area contributed by atoms with Gasteiger partial charge in [-0.25, -0.2) is 0 Å². The number of hydrogen-bond donors (Lipinski definition) is 1. The summed E-state index contributed by atoms with van der Waals surface area (Å²) in [6.07, 6.45) is 0. The minimum atomic E-state index is 0.410. The van der Waals surface area contributed by atoms with Crippen LogP contribution in [0.1, 0.15) is 16.7 Å². The first-order chi connectivity index (χ1) is 9.16. The van der Waals surface area contributed by atoms with Crippen LogP contribution in [0.3, 0.4) is 0 Å². The average Bonchev–Trinajstić information content (AvgIpc) is 2.41. The predicted octanol–water partition coefficient (Wildman–Crippen LogP) is 3.80. The fourth-order valence-corrected chi connectivity index (χ4v) is 2.23. The Morgan fingerprint density at radius 1 is 1.11 bits per heavy atom. The van der Waals surface area contributed by atoms with Crippen LogP contribution < -0.4 is 5.73 Å². The molecule has 19 heavy (non-hydrogen) atoms. The first-order valence-corrected chi connectivity index (χ1v) is 7.07. The van der Waals surface area contributed by atoms with Gasteiger partial charge in [-0.05, 0) is 23.3 Å². The molecule has 0 aromatic heterocycles. The highest BCUT2D eigenvalue weighted by molar-refractivity contribution is 9.10. The third-order valence-electron chi connectivity index (χ3n) is 2.70. The molecular weight excluding hydrogens is 322 g/mol. The number of ether oxygens (including phenoxy) is 1. The number of thiocarbonyl (C=S) groups is 1. The van der Waals surface area contributed by atoms with E-state index < -0.39 is 0 Å². The molecule has 0 saturated carbocycles. The Labute approximate surface area is 126 Å². The van der Waals surface area contributed by atoms with Gasteiger partial charge in [0.15, 0.2) is 0 Å². The van der Waals surface area contributed by atoms with Crippen LogP contribution >= 0.6 is 28.1 Å². The molecule has 0 spiro atoms. The lowest BCUT2D eigenvalue weighted by atomic mass is 10.1. The summed E-state index contributed by atoms with van der Waals surface area (Å²) < 4.78 is 6.77. The zero-order valence-corrected chi connectivity index (χ0v) is 12.7. The zero-order valence-electron chi connectivity index (χ0n) is 10.3. The van der Waals surface area contributed by atoms with E-state index in [0.29, 0.717) is 18.2 Å². The third-order valence-corrected chi connectivity index (χ3v) is 3.70. The van der Waals surface area contributed by atoms with Gasteiger partial charge in [-0.3, -0.25) is 0 Å². The Morgan fingerprint density at radius 3 is 2.63 bits per heavy atom. The lowest BCUT2D eigenvalue weighted by Crippen LogP contribution is -2.09. The number of rotatable bonds is 5. The molecule has 0 unspecified atom stereocenters. The second-order valence-corrected chi connectivity index (χ2v) is 5.44. The van der Waals surface area contributed by atoms with Gasteiger partial charge in [0.1, 0.15) is 4.99 Å². The van der Waals surface area contributed by atoms with Crippen LogP contribution in [0, 0.1) is 0 Å². The summed E-state index contributed by atoms with van der Waals surface area (Å²) in [7, 11) is 0. The van der Waals surface area contributed by atoms with Gasteiger partial charge >= 0.3 is 0 Å². The molecule has 0 radical (unpaired) electrons. The van der Waals surface area contributed by atoms with Gasteiger partial charge in [0, 0.05) is 10.0 Å². The van der Waals surface area contributed by atoms with E-state index in [0.717, 1.165) is 21.2 Å². The molecule has 0 saturated heterocycles. The van der Waals surface area contributed by atoms with Gasteiger partial charge in [-0.15, -0.1) is 0 Å². The molecule has 0 aliphatic carbocycles. The van der Waals surface area contributed by atoms with Crippen molar-refractivity contribution in [1.29, 1.82) is 0 Å². The van der Waals surface area contributed by atoms with Crippen molar-refractivity contribution < 1.29 is 4.74 Å². The smallest absolute Gasteiger partial charge is 0.103 e. The lowest BCUT2D eigenvalue weighted by Gasteiger charge is -2.07. The summed E-state index contributed by atoms with van der Waals surface area (Å²) in [5.41, 5.74) is 8.68. The molecule has 0 atom stereocenters. The van der Waals surface area contributed by atoms with Crippen molar-refractivity contribution in [3.05, 3.63) is 69.7 Å². The summed E-state index contributed by atoms with van der Waals surface area (Å²) >= 11 is 8.46. The van der Waals surface area contributed by atoms with Crippen LogP contribution in [-0.2, 0) is 18.0 Å². The van der Waals surface area contributed by atoms with E-state index in [1.54, 1.807) is 0 Å². The first kappa shape index (κ1) is 14.2. The van der Waals surface area contributed by atoms with Crippen LogP contribution in [0.5, 0.6) is 0 Å². The maximum Gasteiger partial charge on any atom is 0.103 e. The second-order valence-electron chi connectivity index (χ2n) is 4.15. The highest BCUT2D eigenvalue weighted by Gasteiger charge is 2.01. The van der Waals surface area contributed by atoms with Gasteiger partial charge < -0.3 is 10.5 Å². The average molecular weight is 336 g/mol. The molecule has 98 valence electrons. The Hall–Kier alpha value is -1.23. The predicted molar refractivity (Wildman–Crippen MR) is 85.0 cm³/mol. The highest BCUT2D eigenvalue weighted by Crippen LogP contribution is 2.17. The van der Waals surface area contributed by atoms with Gasteiger partial charge in [0.05, 0.1) is 13.2 Å². The van der Waals surface area contributed by atoms with Crippen LogP contribution in [0.25, 0.3) is 0 Å².